The maximum absolute atomic E-state index is 13.5. The summed E-state index contributed by atoms with van der Waals surface area (Å²) in [6.07, 6.45) is 4.95. The van der Waals surface area contributed by atoms with Crippen molar-refractivity contribution >= 4 is 35.0 Å². The normalized spacial score (nSPS) is 15.6. The van der Waals surface area contributed by atoms with Gasteiger partial charge in [-0.3, -0.25) is 19.2 Å². The molecule has 3 aromatic rings. The highest BCUT2D eigenvalue weighted by atomic mass is 16.5. The molecule has 3 aromatic carbocycles. The Kier molecular flexibility index (Phi) is 9.31. The number of nitrogens with zero attached hydrogens (tertiary/aromatic N) is 2. The molecule has 0 radical (unpaired) electrons. The van der Waals surface area contributed by atoms with Crippen LogP contribution in [0.15, 0.2) is 60.7 Å². The van der Waals surface area contributed by atoms with E-state index in [1.165, 1.54) is 0 Å². The first kappa shape index (κ1) is 32.2. The van der Waals surface area contributed by atoms with E-state index in [2.05, 4.69) is 24.5 Å². The summed E-state index contributed by atoms with van der Waals surface area (Å²) in [7, 11) is 0. The standard InChI is InChI=1S/C37H43N5O5/c1-37(2,23-38)16-3-4-34(44)41-17-15-26-18-29(11-9-28(26)21-41)39-35(45)25-7-5-24(6-8-25)20-42(30-12-13-30)36(46)27-10-14-31-32(19-27)47-22-33(43)40-31/h5-11,14,18-19,30H,3-4,12-13,15-17,20-23,38H2,1-2H3,(H,39,45)(H,40,43). The van der Waals surface area contributed by atoms with Crippen molar-refractivity contribution in [3.8, 4) is 5.75 Å². The summed E-state index contributed by atoms with van der Waals surface area (Å²) < 4.78 is 5.50. The summed E-state index contributed by atoms with van der Waals surface area (Å²) in [6, 6.07) is 18.5. The van der Waals surface area contributed by atoms with Crippen molar-refractivity contribution in [2.45, 2.75) is 71.5 Å². The second-order valence-corrected chi connectivity index (χ2v) is 13.6. The number of carbonyl (C=O) groups is 4. The minimum Gasteiger partial charge on any atom is -0.482 e. The third kappa shape index (κ3) is 7.82. The minimum absolute atomic E-state index is 0.0537. The van der Waals surface area contributed by atoms with Gasteiger partial charge in [-0.05, 0) is 103 Å². The lowest BCUT2D eigenvalue weighted by Crippen LogP contribution is -2.36. The highest BCUT2D eigenvalue weighted by Crippen LogP contribution is 2.33. The van der Waals surface area contributed by atoms with Gasteiger partial charge in [-0.15, -0.1) is 0 Å². The first-order valence-corrected chi connectivity index (χ1v) is 16.5. The summed E-state index contributed by atoms with van der Waals surface area (Å²) >= 11 is 0. The summed E-state index contributed by atoms with van der Waals surface area (Å²) in [6.45, 7) is 6.49. The Balaban J connectivity index is 1.03. The predicted octanol–water partition coefficient (Wildman–Crippen LogP) is 5.11. The van der Waals surface area contributed by atoms with Crippen molar-refractivity contribution in [1.82, 2.24) is 9.80 Å². The van der Waals surface area contributed by atoms with Gasteiger partial charge in [-0.25, -0.2) is 0 Å². The Morgan fingerprint density at radius 3 is 2.53 bits per heavy atom. The van der Waals surface area contributed by atoms with Crippen LogP contribution in [-0.4, -0.2) is 59.2 Å². The Morgan fingerprint density at radius 2 is 1.79 bits per heavy atom. The number of carbonyl (C=O) groups excluding carboxylic acids is 4. The summed E-state index contributed by atoms with van der Waals surface area (Å²) in [4.78, 5) is 54.8. The molecule has 47 heavy (non-hydrogen) atoms. The number of amides is 4. The van der Waals surface area contributed by atoms with E-state index >= 15 is 0 Å². The molecule has 0 saturated heterocycles. The topological polar surface area (TPSA) is 134 Å². The lowest BCUT2D eigenvalue weighted by atomic mass is 9.87. The summed E-state index contributed by atoms with van der Waals surface area (Å²) in [5, 5.41) is 5.76. The van der Waals surface area contributed by atoms with Gasteiger partial charge in [0.1, 0.15) is 5.75 Å². The number of benzene rings is 3. The Bertz CT molecular complexity index is 1680. The average molecular weight is 638 g/mol. The van der Waals surface area contributed by atoms with E-state index in [9.17, 15) is 19.2 Å². The molecule has 0 unspecified atom stereocenters. The summed E-state index contributed by atoms with van der Waals surface area (Å²) in [5.41, 5.74) is 11.4. The molecule has 10 nitrogen and oxygen atoms in total. The number of nitrogens with one attached hydrogen (secondary N) is 2. The zero-order valence-corrected chi connectivity index (χ0v) is 27.1. The van der Waals surface area contributed by atoms with E-state index in [1.54, 1.807) is 30.3 Å². The molecule has 1 aliphatic carbocycles. The van der Waals surface area contributed by atoms with Crippen LogP contribution in [0.4, 0.5) is 11.4 Å². The fraction of sp³-hybridized carbons (Fsp3) is 0.405. The SMILES string of the molecule is CC(C)(CN)CCCC(=O)N1CCc2cc(NC(=O)c3ccc(CN(C(=O)c4ccc5c(c4)OCC(=O)N5)C4CC4)cc3)ccc2C1. The largest absolute Gasteiger partial charge is 0.482 e. The Morgan fingerprint density at radius 1 is 1.02 bits per heavy atom. The van der Waals surface area contributed by atoms with E-state index in [1.807, 2.05) is 40.1 Å². The molecule has 6 rings (SSSR count). The molecular formula is C37H43N5O5. The number of rotatable bonds is 11. The third-order valence-electron chi connectivity index (χ3n) is 9.30. The van der Waals surface area contributed by atoms with Crippen LogP contribution in [0.3, 0.4) is 0 Å². The van der Waals surface area contributed by atoms with Gasteiger partial charge in [0.05, 0.1) is 5.69 Å². The van der Waals surface area contributed by atoms with Crippen LogP contribution in [0.2, 0.25) is 0 Å². The van der Waals surface area contributed by atoms with Crippen LogP contribution in [0.25, 0.3) is 0 Å². The molecule has 3 aliphatic rings. The molecule has 2 aliphatic heterocycles. The first-order valence-electron chi connectivity index (χ1n) is 16.5. The van der Waals surface area contributed by atoms with Crippen LogP contribution in [0.1, 0.15) is 83.4 Å². The lowest BCUT2D eigenvalue weighted by Gasteiger charge is -2.30. The van der Waals surface area contributed by atoms with Gasteiger partial charge in [0, 0.05) is 48.9 Å². The minimum atomic E-state index is -0.216. The highest BCUT2D eigenvalue weighted by molar-refractivity contribution is 6.04. The second kappa shape index (κ2) is 13.6. The number of hydrogen-bond donors (Lipinski definition) is 3. The molecule has 0 atom stereocenters. The van der Waals surface area contributed by atoms with E-state index in [0.717, 1.165) is 54.5 Å². The fourth-order valence-corrected chi connectivity index (χ4v) is 6.11. The molecule has 246 valence electrons. The van der Waals surface area contributed by atoms with Gasteiger partial charge >= 0.3 is 0 Å². The number of anilines is 2. The average Bonchev–Trinajstić information content (AvgIpc) is 3.92. The maximum atomic E-state index is 13.5. The van der Waals surface area contributed by atoms with Crippen molar-refractivity contribution in [2.24, 2.45) is 11.1 Å². The summed E-state index contributed by atoms with van der Waals surface area (Å²) in [5.74, 6) is 0.154. The Labute approximate surface area is 275 Å². The molecule has 0 spiro atoms. The Hall–Kier alpha value is -4.70. The van der Waals surface area contributed by atoms with Gasteiger partial charge in [0.2, 0.25) is 5.91 Å². The monoisotopic (exact) mass is 637 g/mol. The number of hydrogen-bond acceptors (Lipinski definition) is 6. The highest BCUT2D eigenvalue weighted by Gasteiger charge is 2.34. The van der Waals surface area contributed by atoms with Crippen LogP contribution >= 0.6 is 0 Å². The van der Waals surface area contributed by atoms with Crippen LogP contribution in [0, 0.1) is 5.41 Å². The number of ether oxygens (including phenoxy) is 1. The molecule has 4 N–H and O–H groups in total. The number of nitrogens with two attached hydrogens (primary N) is 1. The quantitative estimate of drug-likeness (QED) is 0.268. The van der Waals surface area contributed by atoms with Crippen LogP contribution < -0.4 is 21.1 Å². The third-order valence-corrected chi connectivity index (χ3v) is 9.30. The molecule has 2 heterocycles. The zero-order chi connectivity index (χ0) is 33.1. The molecule has 0 aromatic heterocycles. The fourth-order valence-electron chi connectivity index (χ4n) is 6.11. The smallest absolute Gasteiger partial charge is 0.262 e. The van der Waals surface area contributed by atoms with E-state index in [-0.39, 0.29) is 41.7 Å². The molecule has 10 heteroatoms. The van der Waals surface area contributed by atoms with E-state index in [0.29, 0.717) is 55.2 Å². The molecule has 4 amide bonds. The van der Waals surface area contributed by atoms with Crippen molar-refractivity contribution < 1.29 is 23.9 Å². The van der Waals surface area contributed by atoms with Crippen molar-refractivity contribution in [1.29, 1.82) is 0 Å². The van der Waals surface area contributed by atoms with Gasteiger partial charge in [-0.2, -0.15) is 0 Å². The predicted molar refractivity (Wildman–Crippen MR) is 180 cm³/mol. The molecule has 0 bridgehead atoms. The van der Waals surface area contributed by atoms with Crippen molar-refractivity contribution in [3.05, 3.63) is 88.5 Å². The van der Waals surface area contributed by atoms with Gasteiger partial charge in [-0.1, -0.05) is 32.0 Å². The second-order valence-electron chi connectivity index (χ2n) is 13.6. The van der Waals surface area contributed by atoms with Crippen molar-refractivity contribution in [2.75, 3.05) is 30.3 Å². The van der Waals surface area contributed by atoms with Crippen LogP contribution in [0.5, 0.6) is 5.75 Å². The van der Waals surface area contributed by atoms with Gasteiger partial charge in [0.15, 0.2) is 6.61 Å². The molecular weight excluding hydrogens is 594 g/mol. The zero-order valence-electron chi connectivity index (χ0n) is 27.1. The maximum Gasteiger partial charge on any atom is 0.262 e. The van der Waals surface area contributed by atoms with E-state index < -0.39 is 0 Å². The molecule has 1 fully saturated rings. The van der Waals surface area contributed by atoms with E-state index in [4.69, 9.17) is 10.5 Å². The lowest BCUT2D eigenvalue weighted by molar-refractivity contribution is -0.132. The van der Waals surface area contributed by atoms with Crippen molar-refractivity contribution in [3.63, 3.8) is 0 Å². The van der Waals surface area contributed by atoms with Gasteiger partial charge in [0.25, 0.3) is 17.7 Å². The van der Waals surface area contributed by atoms with Crippen LogP contribution in [-0.2, 0) is 29.1 Å². The number of fused-ring (bicyclic) bond motifs is 2. The van der Waals surface area contributed by atoms with Gasteiger partial charge < -0.3 is 30.9 Å². The molecule has 1 saturated carbocycles. The first-order chi connectivity index (χ1) is 22.6.